The third-order valence-electron chi connectivity index (χ3n) is 6.40. The van der Waals surface area contributed by atoms with Crippen molar-refractivity contribution in [3.8, 4) is 5.75 Å². The second-order valence-corrected chi connectivity index (χ2v) is 8.67. The predicted molar refractivity (Wildman–Crippen MR) is 132 cm³/mol. The first-order valence-electron chi connectivity index (χ1n) is 11.7. The van der Waals surface area contributed by atoms with E-state index in [4.69, 9.17) is 10.5 Å². The molecule has 0 aliphatic heterocycles. The van der Waals surface area contributed by atoms with Gasteiger partial charge in [-0.25, -0.2) is 0 Å². The molecule has 0 unspecified atom stereocenters. The molecule has 2 aromatic carbocycles. The highest BCUT2D eigenvalue weighted by atomic mass is 16.5. The average Bonchev–Trinajstić information content (AvgIpc) is 2.80. The number of ether oxygens (including phenoxy) is 1. The van der Waals surface area contributed by atoms with E-state index in [1.165, 1.54) is 30.4 Å². The summed E-state index contributed by atoms with van der Waals surface area (Å²) in [4.78, 5) is 13.2. The Balaban J connectivity index is 1.89. The Kier molecular flexibility index (Phi) is 8.20. The lowest BCUT2D eigenvalue weighted by Gasteiger charge is -2.24. The van der Waals surface area contributed by atoms with E-state index in [9.17, 15) is 4.79 Å². The van der Waals surface area contributed by atoms with Crippen LogP contribution in [-0.4, -0.2) is 25.6 Å². The van der Waals surface area contributed by atoms with Crippen molar-refractivity contribution in [3.05, 3.63) is 69.9 Å². The van der Waals surface area contributed by atoms with Crippen molar-refractivity contribution in [2.24, 2.45) is 5.73 Å². The fourth-order valence-electron chi connectivity index (χ4n) is 4.43. The summed E-state index contributed by atoms with van der Waals surface area (Å²) in [5.41, 5.74) is 12.9. The minimum absolute atomic E-state index is 0.0231. The molecule has 1 aliphatic rings. The fraction of sp³-hybridized carbons (Fsp3) is 0.444. The molecule has 32 heavy (non-hydrogen) atoms. The second-order valence-electron chi connectivity index (χ2n) is 8.67. The summed E-state index contributed by atoms with van der Waals surface area (Å²) in [5.74, 6) is 0.687. The van der Waals surface area contributed by atoms with Crippen LogP contribution in [0.2, 0.25) is 0 Å². The molecule has 5 heteroatoms. The van der Waals surface area contributed by atoms with E-state index in [1.54, 1.807) is 6.20 Å². The number of amides is 1. The zero-order valence-corrected chi connectivity index (χ0v) is 19.9. The third-order valence-corrected chi connectivity index (χ3v) is 6.40. The van der Waals surface area contributed by atoms with Crippen molar-refractivity contribution >= 4 is 11.6 Å². The van der Waals surface area contributed by atoms with Crippen molar-refractivity contribution in [3.63, 3.8) is 0 Å². The Morgan fingerprint density at radius 2 is 1.81 bits per heavy atom. The van der Waals surface area contributed by atoms with Gasteiger partial charge in [-0.05, 0) is 73.9 Å². The van der Waals surface area contributed by atoms with Crippen LogP contribution in [0.25, 0.3) is 5.70 Å². The molecule has 4 N–H and O–H groups in total. The molecular weight excluding hydrogens is 398 g/mol. The van der Waals surface area contributed by atoms with Gasteiger partial charge in [-0.3, -0.25) is 4.79 Å². The fourth-order valence-corrected chi connectivity index (χ4v) is 4.43. The van der Waals surface area contributed by atoms with E-state index in [1.807, 2.05) is 39.1 Å². The molecular formula is C27H37N3O2. The SMILES string of the molecule is CCOc1c(C(=O)NC2CCCCC2)cc(Cc2ccc(/C(N)=C/NC)cc2)c(C)c1C. The van der Waals surface area contributed by atoms with Gasteiger partial charge < -0.3 is 21.1 Å². The van der Waals surface area contributed by atoms with Gasteiger partial charge in [0, 0.05) is 19.3 Å². The minimum Gasteiger partial charge on any atom is -0.493 e. The highest BCUT2D eigenvalue weighted by Crippen LogP contribution is 2.31. The zero-order valence-electron chi connectivity index (χ0n) is 19.9. The van der Waals surface area contributed by atoms with Crippen molar-refractivity contribution < 1.29 is 9.53 Å². The second kappa shape index (κ2) is 11.1. The van der Waals surface area contributed by atoms with Crippen molar-refractivity contribution in [1.29, 1.82) is 0 Å². The number of carbonyl (C=O) groups is 1. The topological polar surface area (TPSA) is 76.4 Å². The predicted octanol–water partition coefficient (Wildman–Crippen LogP) is 4.83. The molecule has 1 fully saturated rings. The van der Waals surface area contributed by atoms with Crippen molar-refractivity contribution in [2.45, 2.75) is 65.3 Å². The van der Waals surface area contributed by atoms with Crippen LogP contribution in [0.3, 0.4) is 0 Å². The Hall–Kier alpha value is -2.95. The number of nitrogens with two attached hydrogens (primary N) is 1. The van der Waals surface area contributed by atoms with Crippen molar-refractivity contribution in [2.75, 3.05) is 13.7 Å². The van der Waals surface area contributed by atoms with Crippen LogP contribution >= 0.6 is 0 Å². The summed E-state index contributed by atoms with van der Waals surface area (Å²) >= 11 is 0. The summed E-state index contributed by atoms with van der Waals surface area (Å²) in [5, 5.41) is 6.22. The Bertz CT molecular complexity index is 958. The van der Waals surface area contributed by atoms with E-state index in [0.717, 1.165) is 36.0 Å². The number of carbonyl (C=O) groups excluding carboxylic acids is 1. The first-order chi connectivity index (χ1) is 15.4. The molecule has 1 saturated carbocycles. The van der Waals surface area contributed by atoms with Crippen LogP contribution in [0.5, 0.6) is 5.75 Å². The molecule has 0 saturated heterocycles. The summed E-state index contributed by atoms with van der Waals surface area (Å²) < 4.78 is 5.94. The number of hydrogen-bond donors (Lipinski definition) is 3. The maximum absolute atomic E-state index is 13.2. The molecule has 0 radical (unpaired) electrons. The van der Waals surface area contributed by atoms with E-state index < -0.39 is 0 Å². The van der Waals surface area contributed by atoms with Gasteiger partial charge in [0.2, 0.25) is 0 Å². The van der Waals surface area contributed by atoms with E-state index in [2.05, 4.69) is 29.7 Å². The minimum atomic E-state index is -0.0231. The average molecular weight is 436 g/mol. The summed E-state index contributed by atoms with van der Waals surface area (Å²) in [6, 6.07) is 10.5. The Morgan fingerprint density at radius 3 is 2.44 bits per heavy atom. The highest BCUT2D eigenvalue weighted by molar-refractivity contribution is 5.98. The number of benzene rings is 2. The first-order valence-corrected chi connectivity index (χ1v) is 11.7. The molecule has 1 aliphatic carbocycles. The van der Waals surface area contributed by atoms with Crippen LogP contribution in [0.4, 0.5) is 0 Å². The van der Waals surface area contributed by atoms with Crippen molar-refractivity contribution in [1.82, 2.24) is 10.6 Å². The molecule has 5 nitrogen and oxygen atoms in total. The third kappa shape index (κ3) is 5.64. The van der Waals surface area contributed by atoms with Gasteiger partial charge in [-0.1, -0.05) is 43.5 Å². The zero-order chi connectivity index (χ0) is 23.1. The molecule has 0 atom stereocenters. The summed E-state index contributed by atoms with van der Waals surface area (Å²) in [6.07, 6.45) is 8.29. The standard InChI is InChI=1S/C27H37N3O2/c1-5-32-26-19(3)18(2)22(15-20-11-13-21(14-12-20)25(28)17-29-4)16-24(26)27(31)30-23-9-7-6-8-10-23/h11-14,16-17,23,29H,5-10,15,28H2,1-4H3,(H,30,31)/b25-17-. The number of nitrogens with one attached hydrogen (secondary N) is 2. The molecule has 1 amide bonds. The number of rotatable bonds is 8. The van der Waals surface area contributed by atoms with Gasteiger partial charge >= 0.3 is 0 Å². The molecule has 3 rings (SSSR count). The molecule has 2 aromatic rings. The smallest absolute Gasteiger partial charge is 0.255 e. The quantitative estimate of drug-likeness (QED) is 0.555. The summed E-state index contributed by atoms with van der Waals surface area (Å²) in [6.45, 7) is 6.65. The maximum Gasteiger partial charge on any atom is 0.255 e. The first kappa shape index (κ1) is 23.7. The number of hydrogen-bond acceptors (Lipinski definition) is 4. The monoisotopic (exact) mass is 435 g/mol. The molecule has 0 spiro atoms. The maximum atomic E-state index is 13.2. The Labute approximate surface area is 192 Å². The van der Waals surface area contributed by atoms with Gasteiger partial charge in [-0.15, -0.1) is 0 Å². The highest BCUT2D eigenvalue weighted by Gasteiger charge is 2.22. The lowest BCUT2D eigenvalue weighted by atomic mass is 9.92. The van der Waals surface area contributed by atoms with Crippen LogP contribution in [0.15, 0.2) is 36.5 Å². The Morgan fingerprint density at radius 1 is 1.12 bits per heavy atom. The van der Waals surface area contributed by atoms with Gasteiger partial charge in [0.05, 0.1) is 17.9 Å². The van der Waals surface area contributed by atoms with Gasteiger partial charge in [0.25, 0.3) is 5.91 Å². The summed E-state index contributed by atoms with van der Waals surface area (Å²) in [7, 11) is 1.83. The molecule has 172 valence electrons. The normalized spacial score (nSPS) is 14.8. The lowest BCUT2D eigenvalue weighted by Crippen LogP contribution is -2.36. The molecule has 0 bridgehead atoms. The van der Waals surface area contributed by atoms with Gasteiger partial charge in [-0.2, -0.15) is 0 Å². The molecule has 0 heterocycles. The molecule has 0 aromatic heterocycles. The van der Waals surface area contributed by atoms with Crippen LogP contribution in [0.1, 0.15) is 77.2 Å². The van der Waals surface area contributed by atoms with Crippen LogP contribution < -0.4 is 21.1 Å². The van der Waals surface area contributed by atoms with Crippen LogP contribution in [0, 0.1) is 13.8 Å². The van der Waals surface area contributed by atoms with Gasteiger partial charge in [0.15, 0.2) is 0 Å². The van der Waals surface area contributed by atoms with E-state index in [0.29, 0.717) is 23.6 Å². The van der Waals surface area contributed by atoms with E-state index in [-0.39, 0.29) is 11.9 Å². The lowest BCUT2D eigenvalue weighted by molar-refractivity contribution is 0.0923. The van der Waals surface area contributed by atoms with E-state index >= 15 is 0 Å². The van der Waals surface area contributed by atoms with Gasteiger partial charge in [0.1, 0.15) is 5.75 Å². The van der Waals surface area contributed by atoms with Crippen LogP contribution in [-0.2, 0) is 6.42 Å². The largest absolute Gasteiger partial charge is 0.493 e.